The van der Waals surface area contributed by atoms with Gasteiger partial charge in [0.05, 0.1) is 12.2 Å². The van der Waals surface area contributed by atoms with E-state index in [0.29, 0.717) is 6.54 Å². The fourth-order valence-corrected chi connectivity index (χ4v) is 3.72. The first-order valence-corrected chi connectivity index (χ1v) is 6.84. The number of aliphatic hydroxyl groups excluding tert-OH is 1. The lowest BCUT2D eigenvalue weighted by Gasteiger charge is -2.44. The van der Waals surface area contributed by atoms with Crippen LogP contribution < -0.4 is 0 Å². The van der Waals surface area contributed by atoms with Gasteiger partial charge in [-0.3, -0.25) is 4.90 Å². The van der Waals surface area contributed by atoms with Crippen molar-refractivity contribution in [3.63, 3.8) is 0 Å². The molecule has 2 aliphatic rings. The standard InChI is InChI=1S/C11H18N2OS/c12-9-11(3-6-15-7-4-11)13-5-1-2-10(14)8-13/h10,14H,1-8H2. The minimum Gasteiger partial charge on any atom is -0.392 e. The molecule has 3 nitrogen and oxygen atoms in total. The number of nitriles is 1. The number of nitrogens with zero attached hydrogens (tertiary/aromatic N) is 2. The molecule has 84 valence electrons. The largest absolute Gasteiger partial charge is 0.392 e. The zero-order valence-electron chi connectivity index (χ0n) is 8.98. The van der Waals surface area contributed by atoms with Crippen molar-refractivity contribution in [1.29, 1.82) is 5.26 Å². The highest BCUT2D eigenvalue weighted by Crippen LogP contribution is 2.33. The van der Waals surface area contributed by atoms with E-state index < -0.39 is 0 Å². The number of hydrogen-bond acceptors (Lipinski definition) is 4. The molecule has 0 saturated carbocycles. The molecule has 2 heterocycles. The van der Waals surface area contributed by atoms with E-state index in [1.165, 1.54) is 0 Å². The summed E-state index contributed by atoms with van der Waals surface area (Å²) in [5, 5.41) is 19.1. The van der Waals surface area contributed by atoms with Gasteiger partial charge in [0.15, 0.2) is 0 Å². The monoisotopic (exact) mass is 226 g/mol. The molecule has 0 radical (unpaired) electrons. The Labute approximate surface area is 95.4 Å². The summed E-state index contributed by atoms with van der Waals surface area (Å²) in [6, 6.07) is 2.51. The van der Waals surface area contributed by atoms with Crippen molar-refractivity contribution in [2.24, 2.45) is 0 Å². The molecule has 1 unspecified atom stereocenters. The topological polar surface area (TPSA) is 47.3 Å². The number of hydrogen-bond donors (Lipinski definition) is 1. The Morgan fingerprint density at radius 2 is 2.13 bits per heavy atom. The van der Waals surface area contributed by atoms with Gasteiger partial charge >= 0.3 is 0 Å². The predicted molar refractivity (Wildman–Crippen MR) is 61.7 cm³/mol. The third kappa shape index (κ3) is 2.30. The van der Waals surface area contributed by atoms with E-state index in [-0.39, 0.29) is 11.6 Å². The van der Waals surface area contributed by atoms with Crippen LogP contribution >= 0.6 is 11.8 Å². The van der Waals surface area contributed by atoms with Gasteiger partial charge in [0.2, 0.25) is 0 Å². The smallest absolute Gasteiger partial charge is 0.110 e. The molecule has 15 heavy (non-hydrogen) atoms. The van der Waals surface area contributed by atoms with E-state index >= 15 is 0 Å². The van der Waals surface area contributed by atoms with Crippen LogP contribution in [0.25, 0.3) is 0 Å². The fraction of sp³-hybridized carbons (Fsp3) is 0.909. The Kier molecular flexibility index (Phi) is 3.55. The second-order valence-corrected chi connectivity index (χ2v) is 5.72. The molecule has 4 heteroatoms. The molecule has 0 amide bonds. The lowest BCUT2D eigenvalue weighted by atomic mass is 9.89. The number of piperidine rings is 1. The lowest BCUT2D eigenvalue weighted by molar-refractivity contribution is 0.0196. The Balaban J connectivity index is 2.07. The molecular weight excluding hydrogens is 208 g/mol. The number of thioether (sulfide) groups is 1. The summed E-state index contributed by atoms with van der Waals surface area (Å²) in [7, 11) is 0. The van der Waals surface area contributed by atoms with Crippen LogP contribution in [-0.2, 0) is 0 Å². The highest BCUT2D eigenvalue weighted by atomic mass is 32.2. The summed E-state index contributed by atoms with van der Waals surface area (Å²) >= 11 is 1.94. The van der Waals surface area contributed by atoms with Gasteiger partial charge in [0.1, 0.15) is 5.54 Å². The molecule has 1 atom stereocenters. The number of aliphatic hydroxyl groups is 1. The molecule has 2 rings (SSSR count). The molecule has 0 bridgehead atoms. The van der Waals surface area contributed by atoms with E-state index in [0.717, 1.165) is 43.7 Å². The average molecular weight is 226 g/mol. The summed E-state index contributed by atoms with van der Waals surface area (Å²) in [5.41, 5.74) is -0.271. The molecule has 0 aliphatic carbocycles. The molecule has 0 aromatic heterocycles. The van der Waals surface area contributed by atoms with Crippen molar-refractivity contribution < 1.29 is 5.11 Å². The second-order valence-electron chi connectivity index (χ2n) is 4.50. The van der Waals surface area contributed by atoms with Crippen LogP contribution in [0, 0.1) is 11.3 Å². The molecule has 0 spiro atoms. The van der Waals surface area contributed by atoms with Gasteiger partial charge in [-0.15, -0.1) is 0 Å². The Morgan fingerprint density at radius 1 is 1.40 bits per heavy atom. The Morgan fingerprint density at radius 3 is 2.73 bits per heavy atom. The van der Waals surface area contributed by atoms with Crippen molar-refractivity contribution in [2.45, 2.75) is 37.3 Å². The van der Waals surface area contributed by atoms with Gasteiger partial charge in [-0.25, -0.2) is 0 Å². The average Bonchev–Trinajstić information content (AvgIpc) is 2.30. The minimum atomic E-state index is -0.271. The van der Waals surface area contributed by atoms with E-state index in [4.69, 9.17) is 0 Å². The van der Waals surface area contributed by atoms with Crippen LogP contribution in [0.15, 0.2) is 0 Å². The van der Waals surface area contributed by atoms with Gasteiger partial charge < -0.3 is 5.11 Å². The third-order valence-corrected chi connectivity index (χ3v) is 4.52. The number of β-amino-alcohol motifs (C(OH)–C–C–N with tert-alkyl or cyclic N) is 1. The van der Waals surface area contributed by atoms with Gasteiger partial charge in [0.25, 0.3) is 0 Å². The first-order valence-electron chi connectivity index (χ1n) is 5.69. The SMILES string of the molecule is N#CC1(N2CCCC(O)C2)CCSCC1. The van der Waals surface area contributed by atoms with Gasteiger partial charge in [0, 0.05) is 6.54 Å². The van der Waals surface area contributed by atoms with Crippen molar-refractivity contribution in [3.8, 4) is 6.07 Å². The molecule has 2 saturated heterocycles. The van der Waals surface area contributed by atoms with E-state index in [9.17, 15) is 10.4 Å². The Bertz CT molecular complexity index is 258. The number of likely N-dealkylation sites (tertiary alicyclic amines) is 1. The second kappa shape index (κ2) is 4.73. The first kappa shape index (κ1) is 11.3. The Hall–Kier alpha value is -0.240. The molecule has 0 aromatic carbocycles. The summed E-state index contributed by atoms with van der Waals surface area (Å²) in [6.07, 6.45) is 3.62. The normalized spacial score (nSPS) is 32.1. The van der Waals surface area contributed by atoms with Crippen LogP contribution in [0.2, 0.25) is 0 Å². The van der Waals surface area contributed by atoms with Gasteiger partial charge in [-0.2, -0.15) is 17.0 Å². The first-order chi connectivity index (χ1) is 7.27. The maximum atomic E-state index is 9.66. The molecular formula is C11H18N2OS. The lowest BCUT2D eigenvalue weighted by Crippen LogP contribution is -2.54. The zero-order chi connectivity index (χ0) is 10.7. The summed E-state index contributed by atoms with van der Waals surface area (Å²) < 4.78 is 0. The van der Waals surface area contributed by atoms with Crippen LogP contribution in [-0.4, -0.2) is 46.2 Å². The predicted octanol–water partition coefficient (Wildman–Crippen LogP) is 1.23. The molecule has 1 N–H and O–H groups in total. The van der Waals surface area contributed by atoms with Crippen molar-refractivity contribution in [1.82, 2.24) is 4.90 Å². The minimum absolute atomic E-state index is 0.224. The maximum Gasteiger partial charge on any atom is 0.110 e. The van der Waals surface area contributed by atoms with E-state index in [1.54, 1.807) is 0 Å². The van der Waals surface area contributed by atoms with Gasteiger partial charge in [-0.1, -0.05) is 0 Å². The summed E-state index contributed by atoms with van der Waals surface area (Å²) in [5.74, 6) is 2.17. The third-order valence-electron chi connectivity index (χ3n) is 3.53. The summed E-state index contributed by atoms with van der Waals surface area (Å²) in [6.45, 7) is 1.67. The van der Waals surface area contributed by atoms with Gasteiger partial charge in [-0.05, 0) is 43.7 Å². The van der Waals surface area contributed by atoms with Crippen molar-refractivity contribution >= 4 is 11.8 Å². The maximum absolute atomic E-state index is 9.66. The summed E-state index contributed by atoms with van der Waals surface area (Å²) in [4.78, 5) is 2.22. The highest BCUT2D eigenvalue weighted by molar-refractivity contribution is 7.99. The molecule has 0 aromatic rings. The molecule has 2 aliphatic heterocycles. The van der Waals surface area contributed by atoms with Crippen LogP contribution in [0.1, 0.15) is 25.7 Å². The van der Waals surface area contributed by atoms with E-state index in [1.807, 2.05) is 11.8 Å². The quantitative estimate of drug-likeness (QED) is 0.730. The van der Waals surface area contributed by atoms with Crippen molar-refractivity contribution in [3.05, 3.63) is 0 Å². The van der Waals surface area contributed by atoms with Crippen LogP contribution in [0.3, 0.4) is 0 Å². The van der Waals surface area contributed by atoms with Crippen molar-refractivity contribution in [2.75, 3.05) is 24.6 Å². The number of rotatable bonds is 1. The molecule has 2 fully saturated rings. The fourth-order valence-electron chi connectivity index (χ4n) is 2.55. The highest BCUT2D eigenvalue weighted by Gasteiger charge is 2.40. The van der Waals surface area contributed by atoms with Crippen LogP contribution in [0.5, 0.6) is 0 Å². The zero-order valence-corrected chi connectivity index (χ0v) is 9.80. The van der Waals surface area contributed by atoms with Crippen LogP contribution in [0.4, 0.5) is 0 Å². The van der Waals surface area contributed by atoms with E-state index in [2.05, 4.69) is 11.0 Å².